The maximum Gasteiger partial charge on any atom is 0.132 e. The van der Waals surface area contributed by atoms with Crippen molar-refractivity contribution in [2.24, 2.45) is 0 Å². The van der Waals surface area contributed by atoms with Crippen LogP contribution in [0.5, 0.6) is 5.75 Å². The lowest BCUT2D eigenvalue weighted by Gasteiger charge is -2.44. The molecule has 4 heteroatoms. The Labute approximate surface area is 181 Å². The van der Waals surface area contributed by atoms with Gasteiger partial charge in [-0.2, -0.15) is 0 Å². The average Bonchev–Trinajstić information content (AvgIpc) is 2.72. The minimum atomic E-state index is -0.496. The van der Waals surface area contributed by atoms with Gasteiger partial charge in [0, 0.05) is 24.4 Å². The lowest BCUT2D eigenvalue weighted by atomic mass is 9.87. The van der Waals surface area contributed by atoms with E-state index in [1.54, 1.807) is 6.08 Å². The van der Waals surface area contributed by atoms with Crippen LogP contribution in [0.4, 0.5) is 5.69 Å². The minimum Gasteiger partial charge on any atom is -0.485 e. The Morgan fingerprint density at radius 1 is 1.13 bits per heavy atom. The van der Waals surface area contributed by atoms with Crippen molar-refractivity contribution in [3.63, 3.8) is 0 Å². The van der Waals surface area contributed by atoms with Crippen LogP contribution in [0.2, 0.25) is 0 Å². The minimum absolute atomic E-state index is 0.184. The third-order valence-electron chi connectivity index (χ3n) is 5.46. The van der Waals surface area contributed by atoms with Crippen LogP contribution in [0.15, 0.2) is 55.1 Å². The first-order valence-electron chi connectivity index (χ1n) is 10.9. The summed E-state index contributed by atoms with van der Waals surface area (Å²) in [5, 5.41) is 3.53. The third kappa shape index (κ3) is 5.44. The molecule has 0 fully saturated rings. The summed E-state index contributed by atoms with van der Waals surface area (Å²) in [6.45, 7) is 14.1. The molecule has 0 radical (unpaired) electrons. The monoisotopic (exact) mass is 409 g/mol. The average molecular weight is 410 g/mol. The van der Waals surface area contributed by atoms with Gasteiger partial charge in [0.1, 0.15) is 23.6 Å². The Bertz CT molecular complexity index is 829. The van der Waals surface area contributed by atoms with Crippen molar-refractivity contribution >= 4 is 5.69 Å². The molecule has 2 aromatic carbocycles. The quantitative estimate of drug-likeness (QED) is 0.374. The number of fused-ring (bicyclic) bond motifs is 1. The maximum atomic E-state index is 6.36. The highest BCUT2D eigenvalue weighted by Gasteiger charge is 2.45. The second-order valence-corrected chi connectivity index (χ2v) is 8.48. The zero-order chi connectivity index (χ0) is 21.6. The molecule has 0 bridgehead atoms. The standard InChI is InChI=1S/C26H35NO3/c1-6-8-16-28-24-22-17-21(27-18-20-11-9-19(3)10-12-20)13-14-23(22)30-26(4,5)25(24)29-15-7-2/h7,9-14,17,24-25,27H,2,6,8,15-16,18H2,1,3-5H3. The van der Waals surface area contributed by atoms with Gasteiger partial charge < -0.3 is 19.5 Å². The number of aryl methyl sites for hydroxylation is 1. The van der Waals surface area contributed by atoms with Gasteiger partial charge in [0.15, 0.2) is 0 Å². The second-order valence-electron chi connectivity index (χ2n) is 8.48. The SMILES string of the molecule is C=CCOC1C(OCCCC)c2cc(NCc3ccc(C)cc3)ccc2OC1(C)C. The zero-order valence-corrected chi connectivity index (χ0v) is 18.7. The van der Waals surface area contributed by atoms with Gasteiger partial charge >= 0.3 is 0 Å². The van der Waals surface area contributed by atoms with Crippen molar-refractivity contribution in [2.75, 3.05) is 18.5 Å². The molecule has 4 nitrogen and oxygen atoms in total. The highest BCUT2D eigenvalue weighted by atomic mass is 16.6. The Morgan fingerprint density at radius 2 is 1.90 bits per heavy atom. The van der Waals surface area contributed by atoms with Crippen LogP contribution in [-0.2, 0) is 16.0 Å². The lowest BCUT2D eigenvalue weighted by Crippen LogP contribution is -2.51. The van der Waals surface area contributed by atoms with E-state index in [0.29, 0.717) is 13.2 Å². The van der Waals surface area contributed by atoms with E-state index in [4.69, 9.17) is 14.2 Å². The number of unbranched alkanes of at least 4 members (excludes halogenated alkanes) is 1. The molecule has 2 aromatic rings. The molecule has 1 N–H and O–H groups in total. The first-order valence-corrected chi connectivity index (χ1v) is 10.9. The highest BCUT2D eigenvalue weighted by Crippen LogP contribution is 2.44. The molecular weight excluding hydrogens is 374 g/mol. The molecule has 0 amide bonds. The summed E-state index contributed by atoms with van der Waals surface area (Å²) in [6, 6.07) is 14.8. The summed E-state index contributed by atoms with van der Waals surface area (Å²) in [4.78, 5) is 0. The predicted octanol–water partition coefficient (Wildman–Crippen LogP) is 6.21. The molecule has 0 saturated carbocycles. The molecule has 30 heavy (non-hydrogen) atoms. The number of nitrogens with one attached hydrogen (secondary N) is 1. The Balaban J connectivity index is 1.84. The Kier molecular flexibility index (Phi) is 7.57. The summed E-state index contributed by atoms with van der Waals surface area (Å²) >= 11 is 0. The van der Waals surface area contributed by atoms with Crippen molar-refractivity contribution in [2.45, 2.75) is 64.9 Å². The number of anilines is 1. The van der Waals surface area contributed by atoms with Gasteiger partial charge in [-0.15, -0.1) is 6.58 Å². The fraction of sp³-hybridized carbons (Fsp3) is 0.462. The molecule has 0 aliphatic carbocycles. The molecule has 1 aliphatic heterocycles. The van der Waals surface area contributed by atoms with Crippen LogP contribution >= 0.6 is 0 Å². The van der Waals surface area contributed by atoms with E-state index in [1.807, 2.05) is 6.07 Å². The fourth-order valence-corrected chi connectivity index (χ4v) is 3.74. The third-order valence-corrected chi connectivity index (χ3v) is 5.46. The molecule has 162 valence electrons. The molecule has 1 aliphatic rings. The molecule has 0 aromatic heterocycles. The summed E-state index contributed by atoms with van der Waals surface area (Å²) in [6.07, 6.45) is 3.49. The molecule has 3 rings (SSSR count). The molecule has 1 heterocycles. The highest BCUT2D eigenvalue weighted by molar-refractivity contribution is 5.54. The number of rotatable bonds is 10. The summed E-state index contributed by atoms with van der Waals surface area (Å²) in [5.74, 6) is 0.862. The first kappa shape index (κ1) is 22.4. The van der Waals surface area contributed by atoms with E-state index in [2.05, 4.69) is 76.0 Å². The van der Waals surface area contributed by atoms with Crippen molar-refractivity contribution in [1.29, 1.82) is 0 Å². The van der Waals surface area contributed by atoms with Crippen molar-refractivity contribution < 1.29 is 14.2 Å². The fourth-order valence-electron chi connectivity index (χ4n) is 3.74. The first-order chi connectivity index (χ1) is 14.4. The van der Waals surface area contributed by atoms with E-state index >= 15 is 0 Å². The van der Waals surface area contributed by atoms with E-state index in [9.17, 15) is 0 Å². The van der Waals surface area contributed by atoms with Crippen molar-refractivity contribution in [3.05, 3.63) is 71.8 Å². The van der Waals surface area contributed by atoms with Gasteiger partial charge in [-0.3, -0.25) is 0 Å². The van der Waals surface area contributed by atoms with Crippen LogP contribution in [0.3, 0.4) is 0 Å². The summed E-state index contributed by atoms with van der Waals surface area (Å²) in [7, 11) is 0. The van der Waals surface area contributed by atoms with Gasteiger partial charge in [0.2, 0.25) is 0 Å². The number of benzene rings is 2. The topological polar surface area (TPSA) is 39.7 Å². The van der Waals surface area contributed by atoms with E-state index in [1.165, 1.54) is 11.1 Å². The molecule has 2 atom stereocenters. The van der Waals surface area contributed by atoms with Gasteiger partial charge in [0.05, 0.1) is 6.61 Å². The van der Waals surface area contributed by atoms with Gasteiger partial charge in [0.25, 0.3) is 0 Å². The van der Waals surface area contributed by atoms with Gasteiger partial charge in [-0.25, -0.2) is 0 Å². The van der Waals surface area contributed by atoms with Crippen LogP contribution in [0.1, 0.15) is 56.4 Å². The lowest BCUT2D eigenvalue weighted by molar-refractivity contribution is -0.157. The number of ether oxygens (including phenoxy) is 3. The van der Waals surface area contributed by atoms with E-state index in [0.717, 1.165) is 36.4 Å². The molecule has 0 saturated heterocycles. The molecule has 2 unspecified atom stereocenters. The second kappa shape index (κ2) is 10.1. The van der Waals surface area contributed by atoms with Gasteiger partial charge in [-0.05, 0) is 51.0 Å². The predicted molar refractivity (Wildman–Crippen MR) is 123 cm³/mol. The van der Waals surface area contributed by atoms with Gasteiger partial charge in [-0.1, -0.05) is 49.2 Å². The van der Waals surface area contributed by atoms with Crippen molar-refractivity contribution in [1.82, 2.24) is 0 Å². The Morgan fingerprint density at radius 3 is 2.60 bits per heavy atom. The molecular formula is C26H35NO3. The largest absolute Gasteiger partial charge is 0.485 e. The summed E-state index contributed by atoms with van der Waals surface area (Å²) in [5.41, 5.74) is 4.10. The maximum absolute atomic E-state index is 6.36. The Hall–Kier alpha value is -2.30. The smallest absolute Gasteiger partial charge is 0.132 e. The number of hydrogen-bond acceptors (Lipinski definition) is 4. The molecule has 0 spiro atoms. The number of hydrogen-bond donors (Lipinski definition) is 1. The zero-order valence-electron chi connectivity index (χ0n) is 18.7. The van der Waals surface area contributed by atoms with Crippen LogP contribution < -0.4 is 10.1 Å². The summed E-state index contributed by atoms with van der Waals surface area (Å²) < 4.78 is 18.8. The van der Waals surface area contributed by atoms with Crippen LogP contribution in [-0.4, -0.2) is 24.9 Å². The van der Waals surface area contributed by atoms with E-state index in [-0.39, 0.29) is 12.2 Å². The van der Waals surface area contributed by atoms with Crippen molar-refractivity contribution in [3.8, 4) is 5.75 Å². The van der Waals surface area contributed by atoms with Crippen LogP contribution in [0, 0.1) is 6.92 Å². The van der Waals surface area contributed by atoms with E-state index < -0.39 is 5.60 Å². The normalized spacial score (nSPS) is 19.6. The van der Waals surface area contributed by atoms with Crippen LogP contribution in [0.25, 0.3) is 0 Å².